The number of nitrogens with one attached hydrogen (secondary N) is 1. The largest absolute Gasteiger partial charge is 0.492 e. The summed E-state index contributed by atoms with van der Waals surface area (Å²) in [7, 11) is 0. The molecule has 3 rings (SSSR count). The van der Waals surface area contributed by atoms with Crippen LogP contribution in [-0.2, 0) is 6.61 Å². The lowest BCUT2D eigenvalue weighted by atomic mass is 9.99. The van der Waals surface area contributed by atoms with Gasteiger partial charge >= 0.3 is 0 Å². The standard InChI is InChI=1S/C16H17FN2O3/c17-16-12(9-20)2-1-3-14(16)19-7-11(8-19)10-22-13-4-5-15(21)18-6-13/h1-6,11,20H,7-10H2,(H,18,21). The van der Waals surface area contributed by atoms with Crippen molar-refractivity contribution in [3.8, 4) is 5.75 Å². The number of benzene rings is 1. The molecule has 0 atom stereocenters. The van der Waals surface area contributed by atoms with Crippen molar-refractivity contribution in [1.29, 1.82) is 0 Å². The predicted molar refractivity (Wildman–Crippen MR) is 80.6 cm³/mol. The molecule has 1 aromatic heterocycles. The van der Waals surface area contributed by atoms with Crippen molar-refractivity contribution >= 4 is 5.69 Å². The number of H-pyrrole nitrogens is 1. The minimum atomic E-state index is -0.356. The van der Waals surface area contributed by atoms with Gasteiger partial charge in [-0.15, -0.1) is 0 Å². The van der Waals surface area contributed by atoms with Crippen LogP contribution in [0.4, 0.5) is 10.1 Å². The zero-order chi connectivity index (χ0) is 15.5. The van der Waals surface area contributed by atoms with E-state index >= 15 is 0 Å². The highest BCUT2D eigenvalue weighted by Gasteiger charge is 2.29. The van der Waals surface area contributed by atoms with Crippen molar-refractivity contribution in [3.63, 3.8) is 0 Å². The van der Waals surface area contributed by atoms with Crippen LogP contribution in [0.25, 0.3) is 0 Å². The number of aromatic nitrogens is 1. The lowest BCUT2D eigenvalue weighted by molar-refractivity contribution is 0.219. The second-order valence-corrected chi connectivity index (χ2v) is 5.38. The number of aliphatic hydroxyl groups is 1. The molecule has 0 unspecified atom stereocenters. The molecule has 5 nitrogen and oxygen atoms in total. The summed E-state index contributed by atoms with van der Waals surface area (Å²) in [5.74, 6) is 0.570. The summed E-state index contributed by atoms with van der Waals surface area (Å²) in [6.07, 6.45) is 1.53. The SMILES string of the molecule is O=c1ccc(OCC2CN(c3cccc(CO)c3F)C2)c[nH]1. The molecule has 0 spiro atoms. The zero-order valence-electron chi connectivity index (χ0n) is 12.0. The van der Waals surface area contributed by atoms with Crippen LogP contribution in [0.3, 0.4) is 0 Å². The molecule has 6 heteroatoms. The molecule has 1 fully saturated rings. The number of anilines is 1. The van der Waals surface area contributed by atoms with Gasteiger partial charge in [0, 0.05) is 36.8 Å². The number of hydrogen-bond acceptors (Lipinski definition) is 4. The summed E-state index contributed by atoms with van der Waals surface area (Å²) in [6.45, 7) is 1.63. The molecule has 2 heterocycles. The number of aromatic amines is 1. The number of pyridine rings is 1. The van der Waals surface area contributed by atoms with Crippen molar-refractivity contribution in [1.82, 2.24) is 4.98 Å². The quantitative estimate of drug-likeness (QED) is 0.879. The Morgan fingerprint density at radius 2 is 2.14 bits per heavy atom. The third kappa shape index (κ3) is 2.96. The number of hydrogen-bond donors (Lipinski definition) is 2. The topological polar surface area (TPSA) is 65.6 Å². The Labute approximate surface area is 127 Å². The Morgan fingerprint density at radius 1 is 1.32 bits per heavy atom. The van der Waals surface area contributed by atoms with Crippen LogP contribution < -0.4 is 15.2 Å². The fraction of sp³-hybridized carbons (Fsp3) is 0.312. The minimum Gasteiger partial charge on any atom is -0.492 e. The van der Waals surface area contributed by atoms with Gasteiger partial charge in [0.25, 0.3) is 0 Å². The van der Waals surface area contributed by atoms with E-state index in [2.05, 4.69) is 4.98 Å². The van der Waals surface area contributed by atoms with Crippen molar-refractivity contribution in [2.45, 2.75) is 6.61 Å². The summed E-state index contributed by atoms with van der Waals surface area (Å²) in [4.78, 5) is 15.4. The molecule has 1 aliphatic rings. The molecule has 0 aliphatic carbocycles. The Kier molecular flexibility index (Phi) is 4.11. The summed E-state index contributed by atoms with van der Waals surface area (Å²) in [5, 5.41) is 9.09. The fourth-order valence-corrected chi connectivity index (χ4v) is 2.50. The maximum absolute atomic E-state index is 14.1. The Morgan fingerprint density at radius 3 is 2.82 bits per heavy atom. The van der Waals surface area contributed by atoms with E-state index in [0.717, 1.165) is 0 Å². The van der Waals surface area contributed by atoms with E-state index in [1.165, 1.54) is 12.3 Å². The van der Waals surface area contributed by atoms with Crippen LogP contribution in [0.15, 0.2) is 41.3 Å². The first-order valence-electron chi connectivity index (χ1n) is 7.12. The average Bonchev–Trinajstić information content (AvgIpc) is 2.49. The van der Waals surface area contributed by atoms with E-state index in [1.54, 1.807) is 24.3 Å². The van der Waals surface area contributed by atoms with Crippen LogP contribution >= 0.6 is 0 Å². The van der Waals surface area contributed by atoms with Crippen LogP contribution in [0.1, 0.15) is 5.56 Å². The number of rotatable bonds is 5. The summed E-state index contributed by atoms with van der Waals surface area (Å²) < 4.78 is 19.7. The molecule has 1 saturated heterocycles. The highest BCUT2D eigenvalue weighted by Crippen LogP contribution is 2.29. The van der Waals surface area contributed by atoms with E-state index in [4.69, 9.17) is 9.84 Å². The highest BCUT2D eigenvalue weighted by molar-refractivity contribution is 5.52. The normalized spacial score (nSPS) is 14.7. The lowest BCUT2D eigenvalue weighted by Crippen LogP contribution is -2.49. The number of nitrogens with zero attached hydrogens (tertiary/aromatic N) is 1. The van der Waals surface area contributed by atoms with E-state index in [0.29, 0.717) is 42.6 Å². The van der Waals surface area contributed by atoms with Crippen LogP contribution in [-0.4, -0.2) is 29.8 Å². The number of ether oxygens (including phenoxy) is 1. The van der Waals surface area contributed by atoms with Crippen molar-refractivity contribution < 1.29 is 14.2 Å². The van der Waals surface area contributed by atoms with E-state index in [-0.39, 0.29) is 18.0 Å². The second-order valence-electron chi connectivity index (χ2n) is 5.38. The van der Waals surface area contributed by atoms with E-state index < -0.39 is 0 Å². The van der Waals surface area contributed by atoms with Gasteiger partial charge in [0.2, 0.25) is 5.56 Å². The van der Waals surface area contributed by atoms with Crippen LogP contribution in [0.2, 0.25) is 0 Å². The molecular formula is C16H17FN2O3. The molecule has 22 heavy (non-hydrogen) atoms. The third-order valence-corrected chi connectivity index (χ3v) is 3.77. The van der Waals surface area contributed by atoms with Gasteiger partial charge in [0.1, 0.15) is 5.75 Å². The Balaban J connectivity index is 1.54. The molecule has 1 aliphatic heterocycles. The number of halogens is 1. The van der Waals surface area contributed by atoms with Gasteiger partial charge in [0.15, 0.2) is 5.82 Å². The molecule has 0 saturated carbocycles. The second kappa shape index (κ2) is 6.19. The highest BCUT2D eigenvalue weighted by atomic mass is 19.1. The van der Waals surface area contributed by atoms with Gasteiger partial charge in [-0.1, -0.05) is 12.1 Å². The molecular weight excluding hydrogens is 287 g/mol. The molecule has 2 aromatic rings. The van der Waals surface area contributed by atoms with Crippen LogP contribution in [0.5, 0.6) is 5.75 Å². The minimum absolute atomic E-state index is 0.165. The molecule has 0 bridgehead atoms. The van der Waals surface area contributed by atoms with Crippen molar-refractivity contribution in [2.75, 3.05) is 24.6 Å². The van der Waals surface area contributed by atoms with Crippen LogP contribution in [0, 0.1) is 11.7 Å². The van der Waals surface area contributed by atoms with Gasteiger partial charge in [-0.05, 0) is 12.1 Å². The van der Waals surface area contributed by atoms with E-state index in [9.17, 15) is 9.18 Å². The van der Waals surface area contributed by atoms with Crippen molar-refractivity contribution in [2.24, 2.45) is 5.92 Å². The molecule has 2 N–H and O–H groups in total. The van der Waals surface area contributed by atoms with Gasteiger partial charge < -0.3 is 19.7 Å². The molecule has 116 valence electrons. The molecule has 0 amide bonds. The maximum Gasteiger partial charge on any atom is 0.248 e. The van der Waals surface area contributed by atoms with Crippen molar-refractivity contribution in [3.05, 3.63) is 58.3 Å². The predicted octanol–water partition coefficient (Wildman–Crippen LogP) is 1.52. The Bertz CT molecular complexity index is 690. The zero-order valence-corrected chi connectivity index (χ0v) is 12.0. The number of aliphatic hydroxyl groups excluding tert-OH is 1. The van der Waals surface area contributed by atoms with Gasteiger partial charge in [0.05, 0.1) is 18.9 Å². The first-order valence-corrected chi connectivity index (χ1v) is 7.12. The third-order valence-electron chi connectivity index (χ3n) is 3.77. The summed E-state index contributed by atoms with van der Waals surface area (Å²) >= 11 is 0. The van der Waals surface area contributed by atoms with Gasteiger partial charge in [-0.2, -0.15) is 0 Å². The summed E-state index contributed by atoms with van der Waals surface area (Å²) in [6, 6.07) is 8.08. The summed E-state index contributed by atoms with van der Waals surface area (Å²) in [5.41, 5.74) is 0.665. The monoisotopic (exact) mass is 304 g/mol. The first kappa shape index (κ1) is 14.6. The Hall–Kier alpha value is -2.34. The molecule has 0 radical (unpaired) electrons. The van der Waals surface area contributed by atoms with Gasteiger partial charge in [-0.3, -0.25) is 4.79 Å². The maximum atomic E-state index is 14.1. The fourth-order valence-electron chi connectivity index (χ4n) is 2.50. The van der Waals surface area contributed by atoms with E-state index in [1.807, 2.05) is 4.90 Å². The first-order chi connectivity index (χ1) is 10.7. The average molecular weight is 304 g/mol. The molecule has 1 aromatic carbocycles. The van der Waals surface area contributed by atoms with Gasteiger partial charge in [-0.25, -0.2) is 4.39 Å². The lowest BCUT2D eigenvalue weighted by Gasteiger charge is -2.41. The smallest absolute Gasteiger partial charge is 0.248 e.